The number of hydrogen-bond acceptors (Lipinski definition) is 3. The number of aldehydes is 1. The number of aromatic nitrogens is 1. The molecule has 2 aromatic carbocycles. The number of ether oxygens (including phenoxy) is 1. The monoisotopic (exact) mass is 327 g/mol. The number of carbonyl (C=O) groups excluding carboxylic acids is 1. The van der Waals surface area contributed by atoms with Gasteiger partial charge in [0, 0.05) is 16.1 Å². The van der Waals surface area contributed by atoms with E-state index in [1.54, 1.807) is 18.3 Å². The molecule has 0 fully saturated rings. The van der Waals surface area contributed by atoms with E-state index in [-0.39, 0.29) is 0 Å². The van der Waals surface area contributed by atoms with Crippen LogP contribution < -0.4 is 4.74 Å². The highest BCUT2D eigenvalue weighted by molar-refractivity contribution is 9.10. The fourth-order valence-corrected chi connectivity index (χ4v) is 2.36. The molecule has 20 heavy (non-hydrogen) atoms. The topological polar surface area (TPSA) is 39.2 Å². The van der Waals surface area contributed by atoms with Crippen LogP contribution in [-0.2, 0) is 0 Å². The highest BCUT2D eigenvalue weighted by atomic mass is 79.9. The molecule has 3 rings (SSSR count). The van der Waals surface area contributed by atoms with Gasteiger partial charge in [0.25, 0.3) is 0 Å². The van der Waals surface area contributed by atoms with Gasteiger partial charge in [0.15, 0.2) is 12.0 Å². The Bertz CT molecular complexity index is 781. The van der Waals surface area contributed by atoms with Crippen molar-refractivity contribution in [2.45, 2.75) is 0 Å². The molecule has 0 radical (unpaired) electrons. The molecule has 0 spiro atoms. The predicted molar refractivity (Wildman–Crippen MR) is 81.3 cm³/mol. The summed E-state index contributed by atoms with van der Waals surface area (Å²) in [6.45, 7) is 0. The van der Waals surface area contributed by atoms with Crippen molar-refractivity contribution in [1.29, 1.82) is 0 Å². The molecular weight excluding hydrogens is 318 g/mol. The third kappa shape index (κ3) is 2.42. The largest absolute Gasteiger partial charge is 0.454 e. The average molecular weight is 328 g/mol. The molecule has 98 valence electrons. The summed E-state index contributed by atoms with van der Waals surface area (Å²) >= 11 is 3.34. The van der Waals surface area contributed by atoms with Gasteiger partial charge in [0.05, 0.1) is 5.56 Å². The van der Waals surface area contributed by atoms with Crippen LogP contribution in [0.2, 0.25) is 0 Å². The molecule has 0 bridgehead atoms. The maximum Gasteiger partial charge on any atom is 0.153 e. The van der Waals surface area contributed by atoms with Crippen LogP contribution in [-0.4, -0.2) is 11.3 Å². The normalized spacial score (nSPS) is 10.4. The van der Waals surface area contributed by atoms with Gasteiger partial charge >= 0.3 is 0 Å². The Morgan fingerprint density at radius 3 is 2.75 bits per heavy atom. The molecule has 1 aromatic heterocycles. The van der Waals surface area contributed by atoms with E-state index in [1.807, 2.05) is 36.4 Å². The summed E-state index contributed by atoms with van der Waals surface area (Å²) in [7, 11) is 0. The lowest BCUT2D eigenvalue weighted by molar-refractivity contribution is 0.112. The molecule has 4 heteroatoms. The number of pyridine rings is 1. The van der Waals surface area contributed by atoms with Crippen LogP contribution in [0.3, 0.4) is 0 Å². The molecule has 1 heterocycles. The Hall–Kier alpha value is -2.20. The van der Waals surface area contributed by atoms with Gasteiger partial charge in [-0.25, -0.2) is 0 Å². The standard InChI is InChI=1S/C16H10BrNO2/c17-13-6-7-14(12(9-13)10-19)20-15-5-1-3-11-4-2-8-18-16(11)15/h1-10H. The summed E-state index contributed by atoms with van der Waals surface area (Å²) in [6.07, 6.45) is 2.50. The van der Waals surface area contributed by atoms with Crippen molar-refractivity contribution >= 4 is 33.1 Å². The lowest BCUT2D eigenvalue weighted by atomic mass is 10.2. The Morgan fingerprint density at radius 2 is 1.90 bits per heavy atom. The van der Waals surface area contributed by atoms with Crippen molar-refractivity contribution in [2.75, 3.05) is 0 Å². The number of fused-ring (bicyclic) bond motifs is 1. The van der Waals surface area contributed by atoms with Gasteiger partial charge in [-0.3, -0.25) is 9.78 Å². The van der Waals surface area contributed by atoms with Crippen LogP contribution in [0.25, 0.3) is 10.9 Å². The van der Waals surface area contributed by atoms with Crippen molar-refractivity contribution in [2.24, 2.45) is 0 Å². The molecule has 0 unspecified atom stereocenters. The molecule has 0 atom stereocenters. The van der Waals surface area contributed by atoms with Crippen LogP contribution in [0.4, 0.5) is 0 Å². The number of rotatable bonds is 3. The molecule has 0 saturated heterocycles. The minimum absolute atomic E-state index is 0.493. The van der Waals surface area contributed by atoms with E-state index >= 15 is 0 Å². The summed E-state index contributed by atoms with van der Waals surface area (Å²) in [6, 6.07) is 14.9. The zero-order chi connectivity index (χ0) is 13.9. The molecule has 0 N–H and O–H groups in total. The van der Waals surface area contributed by atoms with E-state index in [0.717, 1.165) is 21.7 Å². The van der Waals surface area contributed by atoms with Crippen LogP contribution in [0, 0.1) is 0 Å². The van der Waals surface area contributed by atoms with Gasteiger partial charge in [-0.15, -0.1) is 0 Å². The van der Waals surface area contributed by atoms with Gasteiger partial charge in [-0.1, -0.05) is 34.1 Å². The van der Waals surface area contributed by atoms with Gasteiger partial charge in [0.2, 0.25) is 0 Å². The first-order valence-electron chi connectivity index (χ1n) is 6.04. The molecule has 3 nitrogen and oxygen atoms in total. The molecule has 0 aliphatic heterocycles. The fraction of sp³-hybridized carbons (Fsp3) is 0. The maximum absolute atomic E-state index is 11.1. The summed E-state index contributed by atoms with van der Waals surface area (Å²) in [5, 5.41) is 0.995. The lowest BCUT2D eigenvalue weighted by Gasteiger charge is -2.10. The number of halogens is 1. The van der Waals surface area contributed by atoms with Gasteiger partial charge < -0.3 is 4.74 Å². The predicted octanol–water partition coefficient (Wildman–Crippen LogP) is 4.60. The SMILES string of the molecule is O=Cc1cc(Br)ccc1Oc1cccc2cccnc12. The fourth-order valence-electron chi connectivity index (χ4n) is 1.98. The van der Waals surface area contributed by atoms with E-state index in [2.05, 4.69) is 20.9 Å². The van der Waals surface area contributed by atoms with Crippen molar-refractivity contribution in [3.05, 3.63) is 64.8 Å². The van der Waals surface area contributed by atoms with E-state index in [0.29, 0.717) is 17.1 Å². The second-order valence-corrected chi connectivity index (χ2v) is 5.15. The van der Waals surface area contributed by atoms with Crippen LogP contribution in [0.15, 0.2) is 59.2 Å². The third-order valence-corrected chi connectivity index (χ3v) is 3.41. The van der Waals surface area contributed by atoms with Crippen molar-refractivity contribution in [3.63, 3.8) is 0 Å². The van der Waals surface area contributed by atoms with Crippen LogP contribution in [0.1, 0.15) is 10.4 Å². The zero-order valence-corrected chi connectivity index (χ0v) is 12.0. The first-order valence-corrected chi connectivity index (χ1v) is 6.83. The average Bonchev–Trinajstić information content (AvgIpc) is 2.49. The first kappa shape index (κ1) is 12.8. The molecule has 0 aliphatic carbocycles. The van der Waals surface area contributed by atoms with E-state index in [4.69, 9.17) is 4.74 Å². The summed E-state index contributed by atoms with van der Waals surface area (Å²) in [5.74, 6) is 1.15. The molecule has 0 saturated carbocycles. The maximum atomic E-state index is 11.1. The molecule has 0 amide bonds. The van der Waals surface area contributed by atoms with Crippen LogP contribution in [0.5, 0.6) is 11.5 Å². The molecule has 0 aliphatic rings. The van der Waals surface area contributed by atoms with Crippen molar-refractivity contribution in [3.8, 4) is 11.5 Å². The Labute approximate surface area is 124 Å². The van der Waals surface area contributed by atoms with E-state index < -0.39 is 0 Å². The minimum atomic E-state index is 0.493. The minimum Gasteiger partial charge on any atom is -0.454 e. The number of nitrogens with zero attached hydrogens (tertiary/aromatic N) is 1. The van der Waals surface area contributed by atoms with Crippen LogP contribution >= 0.6 is 15.9 Å². The van der Waals surface area contributed by atoms with Gasteiger partial charge in [-0.2, -0.15) is 0 Å². The third-order valence-electron chi connectivity index (χ3n) is 2.91. The van der Waals surface area contributed by atoms with Gasteiger partial charge in [-0.05, 0) is 30.3 Å². The molecule has 3 aromatic rings. The second-order valence-electron chi connectivity index (χ2n) is 4.23. The highest BCUT2D eigenvalue weighted by Gasteiger charge is 2.08. The second kappa shape index (κ2) is 5.43. The Balaban J connectivity index is 2.08. The lowest BCUT2D eigenvalue weighted by Crippen LogP contribution is -1.92. The number of hydrogen-bond donors (Lipinski definition) is 0. The van der Waals surface area contributed by atoms with Crippen molar-refractivity contribution in [1.82, 2.24) is 4.98 Å². The van der Waals surface area contributed by atoms with Crippen molar-refractivity contribution < 1.29 is 9.53 Å². The van der Waals surface area contributed by atoms with E-state index in [1.165, 1.54) is 0 Å². The van der Waals surface area contributed by atoms with E-state index in [9.17, 15) is 4.79 Å². The van der Waals surface area contributed by atoms with Gasteiger partial charge in [0.1, 0.15) is 11.3 Å². The number of benzene rings is 2. The summed E-state index contributed by atoms with van der Waals surface area (Å²) in [4.78, 5) is 15.4. The zero-order valence-electron chi connectivity index (χ0n) is 10.4. The Kier molecular flexibility index (Phi) is 3.48. The smallest absolute Gasteiger partial charge is 0.153 e. The molecular formula is C16H10BrNO2. The summed E-state index contributed by atoms with van der Waals surface area (Å²) in [5.41, 5.74) is 1.27. The first-order chi connectivity index (χ1) is 9.78. The Morgan fingerprint density at radius 1 is 1.05 bits per heavy atom. The number of para-hydroxylation sites is 1. The summed E-state index contributed by atoms with van der Waals surface area (Å²) < 4.78 is 6.69. The highest BCUT2D eigenvalue weighted by Crippen LogP contribution is 2.31. The quantitative estimate of drug-likeness (QED) is 0.660. The number of carbonyl (C=O) groups is 1.